The molecule has 2 rings (SSSR count). The topological polar surface area (TPSA) is 110 Å². The van der Waals surface area contributed by atoms with Crippen LogP contribution < -0.4 is 5.32 Å². The van der Waals surface area contributed by atoms with Crippen LogP contribution >= 0.6 is 0 Å². The summed E-state index contributed by atoms with van der Waals surface area (Å²) in [5.74, 6) is -1.59. The Labute approximate surface area is 91.7 Å². The fraction of sp³-hybridized carbons (Fsp3) is 0.778. The number of carbonyl (C=O) groups excluding carboxylic acids is 2. The lowest BCUT2D eigenvalue weighted by Gasteiger charge is -2.44. The minimum atomic E-state index is -1.37. The fourth-order valence-electron chi connectivity index (χ4n) is 2.34. The summed E-state index contributed by atoms with van der Waals surface area (Å²) < 4.78 is 0. The van der Waals surface area contributed by atoms with Gasteiger partial charge in [0.15, 0.2) is 0 Å². The monoisotopic (exact) mass is 230 g/mol. The van der Waals surface area contributed by atoms with Crippen molar-refractivity contribution in [3.63, 3.8) is 0 Å². The molecule has 7 heteroatoms. The Morgan fingerprint density at radius 2 is 1.81 bits per heavy atom. The molecule has 2 saturated heterocycles. The summed E-state index contributed by atoms with van der Waals surface area (Å²) in [6.07, 6.45) is -4.52. The van der Waals surface area contributed by atoms with Crippen molar-refractivity contribution in [2.45, 2.75) is 43.9 Å². The Morgan fingerprint density at radius 1 is 1.19 bits per heavy atom. The summed E-state index contributed by atoms with van der Waals surface area (Å²) in [7, 11) is 0. The van der Waals surface area contributed by atoms with Gasteiger partial charge in [0.1, 0.15) is 24.5 Å². The number of rotatable bonds is 1. The SMILES string of the molecule is CC[C@@H]1[C@@H](O)[C@H](O)[C@H](O)[C@H]2NC(=O)C(=O)N12. The molecular formula is C9H14N2O5. The number of amides is 2. The molecule has 7 nitrogen and oxygen atoms in total. The molecule has 0 aromatic heterocycles. The zero-order valence-corrected chi connectivity index (χ0v) is 8.70. The van der Waals surface area contributed by atoms with Crippen molar-refractivity contribution in [2.75, 3.05) is 0 Å². The Bertz CT molecular complexity index is 334. The first-order valence-electron chi connectivity index (χ1n) is 5.16. The summed E-state index contributed by atoms with van der Waals surface area (Å²) in [5, 5.41) is 31.2. The molecule has 0 saturated carbocycles. The second kappa shape index (κ2) is 3.69. The molecule has 16 heavy (non-hydrogen) atoms. The largest absolute Gasteiger partial charge is 0.388 e. The van der Waals surface area contributed by atoms with Crippen LogP contribution in [0.2, 0.25) is 0 Å². The van der Waals surface area contributed by atoms with Crippen LogP contribution in [0.15, 0.2) is 0 Å². The lowest BCUT2D eigenvalue weighted by molar-refractivity contribution is -0.170. The summed E-state index contributed by atoms with van der Waals surface area (Å²) in [5.41, 5.74) is 0. The van der Waals surface area contributed by atoms with E-state index in [0.717, 1.165) is 4.90 Å². The lowest BCUT2D eigenvalue weighted by Crippen LogP contribution is -2.67. The van der Waals surface area contributed by atoms with Gasteiger partial charge in [0.05, 0.1) is 6.04 Å². The highest BCUT2D eigenvalue weighted by Crippen LogP contribution is 2.28. The number of hydrogen-bond donors (Lipinski definition) is 4. The van der Waals surface area contributed by atoms with E-state index in [1.54, 1.807) is 6.92 Å². The average Bonchev–Trinajstić information content (AvgIpc) is 2.55. The Hall–Kier alpha value is -1.18. The summed E-state index contributed by atoms with van der Waals surface area (Å²) in [4.78, 5) is 23.8. The standard InChI is InChI=1S/C9H14N2O5/c1-2-3-4(12)5(13)6(14)7-10-8(15)9(16)11(3)7/h3-7,12-14H,2H2,1H3,(H,10,15)/t3-,4-,5+,6+,7+/m1/s1. The molecular weight excluding hydrogens is 216 g/mol. The Morgan fingerprint density at radius 3 is 2.38 bits per heavy atom. The van der Waals surface area contributed by atoms with Crippen molar-refractivity contribution in [3.05, 3.63) is 0 Å². The molecule has 2 heterocycles. The van der Waals surface area contributed by atoms with Gasteiger partial charge >= 0.3 is 11.8 Å². The smallest absolute Gasteiger partial charge is 0.314 e. The van der Waals surface area contributed by atoms with E-state index < -0.39 is 42.3 Å². The minimum Gasteiger partial charge on any atom is -0.388 e. The number of aliphatic hydroxyl groups is 3. The molecule has 0 radical (unpaired) electrons. The summed E-state index contributed by atoms with van der Waals surface area (Å²) >= 11 is 0. The summed E-state index contributed by atoms with van der Waals surface area (Å²) in [6.45, 7) is 1.73. The third-order valence-electron chi connectivity index (χ3n) is 3.20. The van der Waals surface area contributed by atoms with E-state index in [1.165, 1.54) is 0 Å². The maximum absolute atomic E-state index is 11.5. The number of fused-ring (bicyclic) bond motifs is 1. The molecule has 0 bridgehead atoms. The predicted octanol–water partition coefficient (Wildman–Crippen LogP) is -2.85. The Balaban J connectivity index is 2.35. The van der Waals surface area contributed by atoms with Crippen molar-refractivity contribution in [3.8, 4) is 0 Å². The van der Waals surface area contributed by atoms with Crippen molar-refractivity contribution in [2.24, 2.45) is 0 Å². The van der Waals surface area contributed by atoms with E-state index in [4.69, 9.17) is 0 Å². The highest BCUT2D eigenvalue weighted by molar-refractivity contribution is 6.37. The molecule has 0 aromatic carbocycles. The molecule has 90 valence electrons. The first kappa shape index (κ1) is 11.3. The summed E-state index contributed by atoms with van der Waals surface area (Å²) in [6, 6.07) is -0.658. The third kappa shape index (κ3) is 1.32. The van der Waals surface area contributed by atoms with Gasteiger partial charge in [-0.3, -0.25) is 9.59 Å². The third-order valence-corrected chi connectivity index (χ3v) is 3.20. The lowest BCUT2D eigenvalue weighted by atomic mass is 9.90. The van der Waals surface area contributed by atoms with E-state index in [0.29, 0.717) is 6.42 Å². The van der Waals surface area contributed by atoms with Crippen LogP contribution in [0.3, 0.4) is 0 Å². The van der Waals surface area contributed by atoms with Crippen LogP contribution in [0.1, 0.15) is 13.3 Å². The molecule has 0 spiro atoms. The highest BCUT2D eigenvalue weighted by Gasteiger charge is 2.54. The van der Waals surface area contributed by atoms with Crippen LogP contribution in [0.25, 0.3) is 0 Å². The normalized spacial score (nSPS) is 43.2. The maximum Gasteiger partial charge on any atom is 0.314 e. The van der Waals surface area contributed by atoms with Crippen LogP contribution in [-0.4, -0.2) is 62.6 Å². The van der Waals surface area contributed by atoms with Gasteiger partial charge in [-0.25, -0.2) is 0 Å². The molecule has 2 amide bonds. The van der Waals surface area contributed by atoms with Gasteiger partial charge in [-0.15, -0.1) is 0 Å². The number of hydrogen-bond acceptors (Lipinski definition) is 5. The molecule has 2 fully saturated rings. The average molecular weight is 230 g/mol. The molecule has 2 aliphatic heterocycles. The van der Waals surface area contributed by atoms with Crippen molar-refractivity contribution in [1.29, 1.82) is 0 Å². The first-order valence-corrected chi connectivity index (χ1v) is 5.16. The van der Waals surface area contributed by atoms with Crippen LogP contribution in [0, 0.1) is 0 Å². The molecule has 0 aliphatic carbocycles. The van der Waals surface area contributed by atoms with Gasteiger partial charge in [-0.1, -0.05) is 6.92 Å². The van der Waals surface area contributed by atoms with E-state index in [9.17, 15) is 24.9 Å². The predicted molar refractivity (Wildman–Crippen MR) is 50.9 cm³/mol. The van der Waals surface area contributed by atoms with Crippen LogP contribution in [-0.2, 0) is 9.59 Å². The van der Waals surface area contributed by atoms with Crippen molar-refractivity contribution in [1.82, 2.24) is 10.2 Å². The molecule has 0 unspecified atom stereocenters. The first-order chi connectivity index (χ1) is 7.49. The van der Waals surface area contributed by atoms with E-state index in [1.807, 2.05) is 0 Å². The number of aliphatic hydroxyl groups excluding tert-OH is 3. The Kier molecular flexibility index (Phi) is 2.61. The highest BCUT2D eigenvalue weighted by atomic mass is 16.4. The van der Waals surface area contributed by atoms with Gasteiger partial charge in [0, 0.05) is 0 Å². The molecule has 5 atom stereocenters. The van der Waals surface area contributed by atoms with E-state index in [-0.39, 0.29) is 0 Å². The van der Waals surface area contributed by atoms with Crippen LogP contribution in [0.5, 0.6) is 0 Å². The zero-order chi connectivity index (χ0) is 12.0. The van der Waals surface area contributed by atoms with Gasteiger partial charge in [-0.05, 0) is 6.42 Å². The van der Waals surface area contributed by atoms with E-state index >= 15 is 0 Å². The van der Waals surface area contributed by atoms with E-state index in [2.05, 4.69) is 5.32 Å². The minimum absolute atomic E-state index is 0.391. The number of nitrogens with one attached hydrogen (secondary N) is 1. The number of carbonyl (C=O) groups is 2. The van der Waals surface area contributed by atoms with Gasteiger partial charge in [0.25, 0.3) is 0 Å². The van der Waals surface area contributed by atoms with Crippen LogP contribution in [0.4, 0.5) is 0 Å². The van der Waals surface area contributed by atoms with Gasteiger partial charge in [0.2, 0.25) is 0 Å². The quantitative estimate of drug-likeness (QED) is 0.362. The van der Waals surface area contributed by atoms with Gasteiger partial charge in [-0.2, -0.15) is 0 Å². The van der Waals surface area contributed by atoms with Crippen molar-refractivity contribution >= 4 is 11.8 Å². The maximum atomic E-state index is 11.5. The fourth-order valence-corrected chi connectivity index (χ4v) is 2.34. The molecule has 2 aliphatic rings. The van der Waals surface area contributed by atoms with Crippen molar-refractivity contribution < 1.29 is 24.9 Å². The number of piperidine rings is 1. The second-order valence-corrected chi connectivity index (χ2v) is 4.08. The molecule has 0 aromatic rings. The van der Waals surface area contributed by atoms with Gasteiger partial charge < -0.3 is 25.5 Å². The zero-order valence-electron chi connectivity index (χ0n) is 8.70. The number of nitrogens with zero attached hydrogens (tertiary/aromatic N) is 1. The second-order valence-electron chi connectivity index (χ2n) is 4.08. The molecule has 4 N–H and O–H groups in total.